The Hall–Kier alpha value is -2.65. The number of nitrogens with zero attached hydrogens (tertiary/aromatic N) is 1. The molecule has 3 heteroatoms. The van der Waals surface area contributed by atoms with Crippen molar-refractivity contribution in [2.24, 2.45) is 10.9 Å². The number of benzene rings is 3. The number of rotatable bonds is 3. The standard InChI is InChI=1S/C18H16N2O/c19-12-18(20-21)17-8-4-3-7-16(17)15-10-9-13-5-1-2-6-14(13)11-15/h1-11,21H,12,19H2. The van der Waals surface area contributed by atoms with Crippen LogP contribution in [0.25, 0.3) is 21.9 Å². The van der Waals surface area contributed by atoms with Crippen molar-refractivity contribution >= 4 is 16.5 Å². The first-order valence-electron chi connectivity index (χ1n) is 6.83. The fourth-order valence-electron chi connectivity index (χ4n) is 2.55. The molecule has 0 atom stereocenters. The molecule has 0 aliphatic carbocycles. The van der Waals surface area contributed by atoms with Gasteiger partial charge < -0.3 is 10.9 Å². The topological polar surface area (TPSA) is 58.6 Å². The maximum atomic E-state index is 9.13. The smallest absolute Gasteiger partial charge is 0.101 e. The second-order valence-corrected chi connectivity index (χ2v) is 4.86. The average Bonchev–Trinajstić information content (AvgIpc) is 2.56. The molecule has 0 amide bonds. The fraction of sp³-hybridized carbons (Fsp3) is 0.0556. The summed E-state index contributed by atoms with van der Waals surface area (Å²) in [6.07, 6.45) is 0. The number of hydrogen-bond donors (Lipinski definition) is 2. The van der Waals surface area contributed by atoms with Crippen LogP contribution >= 0.6 is 0 Å². The third kappa shape index (κ3) is 2.51. The lowest BCUT2D eigenvalue weighted by molar-refractivity contribution is 0.318. The average molecular weight is 276 g/mol. The van der Waals surface area contributed by atoms with Gasteiger partial charge in [-0.15, -0.1) is 0 Å². The molecule has 3 nitrogen and oxygen atoms in total. The van der Waals surface area contributed by atoms with E-state index in [2.05, 4.69) is 35.5 Å². The van der Waals surface area contributed by atoms with Gasteiger partial charge in [-0.05, 0) is 28.0 Å². The maximum Gasteiger partial charge on any atom is 0.101 e. The van der Waals surface area contributed by atoms with Gasteiger partial charge in [-0.25, -0.2) is 0 Å². The quantitative estimate of drug-likeness (QED) is 0.436. The van der Waals surface area contributed by atoms with Crippen LogP contribution in [0.3, 0.4) is 0 Å². The van der Waals surface area contributed by atoms with Crippen molar-refractivity contribution in [2.45, 2.75) is 0 Å². The van der Waals surface area contributed by atoms with Crippen molar-refractivity contribution in [2.75, 3.05) is 6.54 Å². The van der Waals surface area contributed by atoms with Crippen molar-refractivity contribution in [3.63, 3.8) is 0 Å². The Balaban J connectivity index is 2.18. The lowest BCUT2D eigenvalue weighted by Crippen LogP contribution is -2.16. The molecule has 0 aliphatic heterocycles. The Labute approximate surface area is 123 Å². The summed E-state index contributed by atoms with van der Waals surface area (Å²) >= 11 is 0. The third-order valence-electron chi connectivity index (χ3n) is 3.61. The molecule has 104 valence electrons. The largest absolute Gasteiger partial charge is 0.411 e. The van der Waals surface area contributed by atoms with Crippen LogP contribution in [0.5, 0.6) is 0 Å². The summed E-state index contributed by atoms with van der Waals surface area (Å²) in [6, 6.07) is 22.4. The summed E-state index contributed by atoms with van der Waals surface area (Å²) in [5, 5.41) is 14.8. The number of oxime groups is 1. The van der Waals surface area contributed by atoms with Crippen LogP contribution < -0.4 is 5.73 Å². The van der Waals surface area contributed by atoms with Gasteiger partial charge in [0.05, 0.1) is 0 Å². The van der Waals surface area contributed by atoms with Crippen LogP contribution in [0.2, 0.25) is 0 Å². The molecule has 0 bridgehead atoms. The van der Waals surface area contributed by atoms with Gasteiger partial charge in [-0.3, -0.25) is 0 Å². The molecule has 3 aromatic rings. The Morgan fingerprint density at radius 3 is 2.38 bits per heavy atom. The van der Waals surface area contributed by atoms with Gasteiger partial charge in [-0.2, -0.15) is 0 Å². The lowest BCUT2D eigenvalue weighted by atomic mass is 9.95. The number of fused-ring (bicyclic) bond motifs is 1. The summed E-state index contributed by atoms with van der Waals surface area (Å²) in [6.45, 7) is 0.196. The molecule has 0 saturated carbocycles. The molecule has 3 rings (SSSR count). The predicted octanol–water partition coefficient (Wildman–Crippen LogP) is 3.64. The molecule has 0 fully saturated rings. The van der Waals surface area contributed by atoms with E-state index in [4.69, 9.17) is 10.9 Å². The van der Waals surface area contributed by atoms with E-state index in [1.54, 1.807) is 0 Å². The summed E-state index contributed by atoms with van der Waals surface area (Å²) in [4.78, 5) is 0. The minimum absolute atomic E-state index is 0.196. The minimum atomic E-state index is 0.196. The van der Waals surface area contributed by atoms with Gasteiger partial charge in [0, 0.05) is 12.1 Å². The lowest BCUT2D eigenvalue weighted by Gasteiger charge is -2.11. The maximum absolute atomic E-state index is 9.13. The van der Waals surface area contributed by atoms with Gasteiger partial charge in [-0.1, -0.05) is 65.8 Å². The zero-order valence-electron chi connectivity index (χ0n) is 11.5. The number of hydrogen-bond acceptors (Lipinski definition) is 3. The van der Waals surface area contributed by atoms with Crippen molar-refractivity contribution in [3.05, 3.63) is 72.3 Å². The van der Waals surface area contributed by atoms with Crippen molar-refractivity contribution in [3.8, 4) is 11.1 Å². The first kappa shape index (κ1) is 13.3. The van der Waals surface area contributed by atoms with E-state index in [0.717, 1.165) is 16.7 Å². The molecule has 21 heavy (non-hydrogen) atoms. The fourth-order valence-corrected chi connectivity index (χ4v) is 2.55. The van der Waals surface area contributed by atoms with E-state index in [1.165, 1.54) is 10.8 Å². The van der Waals surface area contributed by atoms with Gasteiger partial charge in [0.1, 0.15) is 5.71 Å². The van der Waals surface area contributed by atoms with Crippen LogP contribution in [-0.4, -0.2) is 17.5 Å². The summed E-state index contributed by atoms with van der Waals surface area (Å²) in [7, 11) is 0. The minimum Gasteiger partial charge on any atom is -0.411 e. The predicted molar refractivity (Wildman–Crippen MR) is 86.8 cm³/mol. The van der Waals surface area contributed by atoms with Crippen molar-refractivity contribution < 1.29 is 5.21 Å². The first-order chi connectivity index (χ1) is 10.3. The molecule has 0 heterocycles. The molecule has 0 radical (unpaired) electrons. The van der Waals surface area contributed by atoms with Crippen LogP contribution in [0, 0.1) is 0 Å². The molecule has 0 saturated heterocycles. The van der Waals surface area contributed by atoms with Gasteiger partial charge in [0.15, 0.2) is 0 Å². The Bertz CT molecular complexity index is 809. The van der Waals surface area contributed by atoms with Crippen LogP contribution in [0.4, 0.5) is 0 Å². The van der Waals surface area contributed by atoms with E-state index < -0.39 is 0 Å². The van der Waals surface area contributed by atoms with E-state index >= 15 is 0 Å². The Morgan fingerprint density at radius 1 is 0.905 bits per heavy atom. The third-order valence-corrected chi connectivity index (χ3v) is 3.61. The SMILES string of the molecule is NCC(=NO)c1ccccc1-c1ccc2ccccc2c1. The van der Waals surface area contributed by atoms with Crippen LogP contribution in [0.1, 0.15) is 5.56 Å². The van der Waals surface area contributed by atoms with E-state index in [1.807, 2.05) is 36.4 Å². The van der Waals surface area contributed by atoms with Gasteiger partial charge in [0.25, 0.3) is 0 Å². The second-order valence-electron chi connectivity index (χ2n) is 4.86. The van der Waals surface area contributed by atoms with E-state index in [-0.39, 0.29) is 6.54 Å². The molecular formula is C18H16N2O. The monoisotopic (exact) mass is 276 g/mol. The number of nitrogens with two attached hydrogens (primary N) is 1. The summed E-state index contributed by atoms with van der Waals surface area (Å²) in [5.74, 6) is 0. The van der Waals surface area contributed by atoms with Gasteiger partial charge >= 0.3 is 0 Å². The molecule has 0 aliphatic rings. The highest BCUT2D eigenvalue weighted by Gasteiger charge is 2.10. The highest BCUT2D eigenvalue weighted by Crippen LogP contribution is 2.27. The second kappa shape index (κ2) is 5.77. The van der Waals surface area contributed by atoms with Crippen molar-refractivity contribution in [1.29, 1.82) is 0 Å². The summed E-state index contributed by atoms with van der Waals surface area (Å²) < 4.78 is 0. The highest BCUT2D eigenvalue weighted by molar-refractivity contribution is 6.07. The van der Waals surface area contributed by atoms with Gasteiger partial charge in [0.2, 0.25) is 0 Å². The highest BCUT2D eigenvalue weighted by atomic mass is 16.4. The van der Waals surface area contributed by atoms with Crippen LogP contribution in [-0.2, 0) is 0 Å². The Kier molecular flexibility index (Phi) is 3.67. The molecule has 0 aromatic heterocycles. The molecule has 3 aromatic carbocycles. The zero-order chi connectivity index (χ0) is 14.7. The summed E-state index contributed by atoms with van der Waals surface area (Å²) in [5.41, 5.74) is 9.10. The van der Waals surface area contributed by atoms with E-state index in [0.29, 0.717) is 5.71 Å². The molecule has 3 N–H and O–H groups in total. The zero-order valence-corrected chi connectivity index (χ0v) is 11.5. The van der Waals surface area contributed by atoms with E-state index in [9.17, 15) is 0 Å². The normalized spacial score (nSPS) is 11.8. The Morgan fingerprint density at radius 2 is 1.62 bits per heavy atom. The molecular weight excluding hydrogens is 260 g/mol. The van der Waals surface area contributed by atoms with Crippen LogP contribution in [0.15, 0.2) is 71.9 Å². The van der Waals surface area contributed by atoms with Crippen molar-refractivity contribution in [1.82, 2.24) is 0 Å². The first-order valence-corrected chi connectivity index (χ1v) is 6.83. The molecule has 0 unspecified atom stereocenters. The molecule has 0 spiro atoms.